The SMILES string of the molecule is C=C(/C=C\C=C1\C=CC=CC1)c1ccc(N(c2cccc(-c3ccccc3)c2)c2ccc3ccc4c5ccccc5ccc4c3c2)cc1. The Bertz CT molecular complexity index is 2420. The number of rotatable bonds is 7. The van der Waals surface area contributed by atoms with Crippen LogP contribution in [0, 0.1) is 0 Å². The first-order valence-corrected chi connectivity index (χ1v) is 16.5. The van der Waals surface area contributed by atoms with E-state index in [2.05, 4.69) is 200 Å². The monoisotopic (exact) mass is 613 g/mol. The lowest BCUT2D eigenvalue weighted by Crippen LogP contribution is -2.10. The van der Waals surface area contributed by atoms with Crippen molar-refractivity contribution < 1.29 is 0 Å². The van der Waals surface area contributed by atoms with Crippen LogP contribution in [0.15, 0.2) is 200 Å². The van der Waals surface area contributed by atoms with Crippen LogP contribution in [0.25, 0.3) is 49.0 Å². The summed E-state index contributed by atoms with van der Waals surface area (Å²) in [4.78, 5) is 2.36. The van der Waals surface area contributed by atoms with E-state index in [1.165, 1.54) is 49.0 Å². The topological polar surface area (TPSA) is 3.24 Å². The lowest BCUT2D eigenvalue weighted by Gasteiger charge is -2.27. The number of anilines is 3. The number of allylic oxidation sites excluding steroid dienone is 9. The second kappa shape index (κ2) is 12.9. The molecule has 228 valence electrons. The van der Waals surface area contributed by atoms with E-state index in [4.69, 9.17) is 0 Å². The highest BCUT2D eigenvalue weighted by Gasteiger charge is 2.15. The molecule has 0 aliphatic heterocycles. The van der Waals surface area contributed by atoms with Crippen LogP contribution in [-0.4, -0.2) is 0 Å². The highest BCUT2D eigenvalue weighted by Crippen LogP contribution is 2.40. The minimum atomic E-state index is 0.963. The molecular weight excluding hydrogens is 579 g/mol. The van der Waals surface area contributed by atoms with Crippen molar-refractivity contribution in [3.63, 3.8) is 0 Å². The van der Waals surface area contributed by atoms with Gasteiger partial charge in [-0.25, -0.2) is 0 Å². The minimum absolute atomic E-state index is 0.963. The molecule has 8 rings (SSSR count). The molecule has 1 aliphatic rings. The molecule has 7 aromatic carbocycles. The molecule has 1 heteroatoms. The maximum atomic E-state index is 4.37. The number of fused-ring (bicyclic) bond motifs is 5. The van der Waals surface area contributed by atoms with Crippen molar-refractivity contribution in [3.8, 4) is 11.1 Å². The van der Waals surface area contributed by atoms with Gasteiger partial charge in [0.25, 0.3) is 0 Å². The zero-order valence-corrected chi connectivity index (χ0v) is 26.8. The van der Waals surface area contributed by atoms with Gasteiger partial charge in [0.05, 0.1) is 0 Å². The van der Waals surface area contributed by atoms with Gasteiger partial charge in [-0.1, -0.05) is 158 Å². The van der Waals surface area contributed by atoms with Crippen LogP contribution in [0.5, 0.6) is 0 Å². The quantitative estimate of drug-likeness (QED) is 0.128. The molecule has 0 radical (unpaired) electrons. The van der Waals surface area contributed by atoms with Gasteiger partial charge in [0.1, 0.15) is 0 Å². The van der Waals surface area contributed by atoms with Crippen molar-refractivity contribution in [2.45, 2.75) is 6.42 Å². The van der Waals surface area contributed by atoms with Gasteiger partial charge in [0.2, 0.25) is 0 Å². The number of hydrogen-bond acceptors (Lipinski definition) is 1. The summed E-state index contributed by atoms with van der Waals surface area (Å²) < 4.78 is 0. The van der Waals surface area contributed by atoms with E-state index in [0.717, 1.165) is 34.6 Å². The van der Waals surface area contributed by atoms with Crippen molar-refractivity contribution in [1.82, 2.24) is 0 Å². The van der Waals surface area contributed by atoms with Crippen LogP contribution in [-0.2, 0) is 0 Å². The average molecular weight is 614 g/mol. The molecule has 0 fully saturated rings. The molecule has 0 N–H and O–H groups in total. The molecule has 0 heterocycles. The van der Waals surface area contributed by atoms with Gasteiger partial charge < -0.3 is 4.90 Å². The Hall–Kier alpha value is -6.18. The first-order valence-electron chi connectivity index (χ1n) is 16.5. The highest BCUT2D eigenvalue weighted by atomic mass is 15.1. The Morgan fingerprint density at radius 3 is 2.04 bits per heavy atom. The first kappa shape index (κ1) is 29.2. The van der Waals surface area contributed by atoms with Gasteiger partial charge in [0, 0.05) is 17.1 Å². The molecule has 0 spiro atoms. The van der Waals surface area contributed by atoms with E-state index < -0.39 is 0 Å². The Labute approximate surface area is 282 Å². The van der Waals surface area contributed by atoms with Gasteiger partial charge in [-0.3, -0.25) is 0 Å². The summed E-state index contributed by atoms with van der Waals surface area (Å²) in [7, 11) is 0. The van der Waals surface area contributed by atoms with Crippen LogP contribution >= 0.6 is 0 Å². The van der Waals surface area contributed by atoms with Gasteiger partial charge in [-0.05, 0) is 103 Å². The van der Waals surface area contributed by atoms with E-state index in [-0.39, 0.29) is 0 Å². The maximum absolute atomic E-state index is 4.37. The predicted octanol–water partition coefficient (Wildman–Crippen LogP) is 13.3. The van der Waals surface area contributed by atoms with E-state index in [1.54, 1.807) is 0 Å². The zero-order chi connectivity index (χ0) is 32.3. The minimum Gasteiger partial charge on any atom is -0.310 e. The van der Waals surface area contributed by atoms with Crippen molar-refractivity contribution in [3.05, 3.63) is 206 Å². The maximum Gasteiger partial charge on any atom is 0.0468 e. The molecule has 0 aromatic heterocycles. The summed E-state index contributed by atoms with van der Waals surface area (Å²) in [5.74, 6) is 0. The van der Waals surface area contributed by atoms with Crippen LogP contribution in [0.4, 0.5) is 17.1 Å². The van der Waals surface area contributed by atoms with Crippen LogP contribution in [0.3, 0.4) is 0 Å². The summed E-state index contributed by atoms with van der Waals surface area (Å²) in [6.07, 6.45) is 15.8. The normalized spacial score (nSPS) is 13.6. The third kappa shape index (κ3) is 5.79. The van der Waals surface area contributed by atoms with Crippen LogP contribution in [0.1, 0.15) is 12.0 Å². The molecular formula is C47H35N. The standard InChI is InChI=1S/C47H35N/c1-34(12-10-15-35-13-4-2-5-14-35)36-22-27-41(28-23-36)48(42-20-11-19-40(32-42)37-16-6-3-7-17-37)43-29-24-39-26-30-45-44-21-9-8-18-38(44)25-31-46(45)47(39)33-43/h2-13,15-33H,1,14H2/b12-10-,35-15-. The van der Waals surface area contributed by atoms with Crippen LogP contribution in [0.2, 0.25) is 0 Å². The number of benzene rings is 7. The fourth-order valence-corrected chi connectivity index (χ4v) is 6.71. The lowest BCUT2D eigenvalue weighted by molar-refractivity contribution is 1.26. The summed E-state index contributed by atoms with van der Waals surface area (Å²) in [6, 6.07) is 52.7. The Morgan fingerprint density at radius 1 is 0.542 bits per heavy atom. The van der Waals surface area contributed by atoms with E-state index in [9.17, 15) is 0 Å². The molecule has 1 nitrogen and oxygen atoms in total. The van der Waals surface area contributed by atoms with Crippen LogP contribution < -0.4 is 4.90 Å². The van der Waals surface area contributed by atoms with Crippen molar-refractivity contribution in [2.24, 2.45) is 0 Å². The largest absolute Gasteiger partial charge is 0.310 e. The summed E-state index contributed by atoms with van der Waals surface area (Å²) in [6.45, 7) is 4.37. The molecule has 0 unspecified atom stereocenters. The molecule has 1 aliphatic carbocycles. The molecule has 48 heavy (non-hydrogen) atoms. The van der Waals surface area contributed by atoms with Gasteiger partial charge in [0.15, 0.2) is 0 Å². The second-order valence-electron chi connectivity index (χ2n) is 12.3. The van der Waals surface area contributed by atoms with E-state index in [0.29, 0.717) is 0 Å². The first-order chi connectivity index (χ1) is 23.7. The average Bonchev–Trinajstić information content (AvgIpc) is 3.16. The summed E-state index contributed by atoms with van der Waals surface area (Å²) in [5.41, 5.74) is 9.06. The van der Waals surface area contributed by atoms with Crippen molar-refractivity contribution in [2.75, 3.05) is 4.90 Å². The molecule has 7 aromatic rings. The molecule has 0 saturated heterocycles. The molecule has 0 atom stereocenters. The second-order valence-corrected chi connectivity index (χ2v) is 12.3. The predicted molar refractivity (Wildman–Crippen MR) is 208 cm³/mol. The van der Waals surface area contributed by atoms with Gasteiger partial charge >= 0.3 is 0 Å². The Balaban J connectivity index is 1.22. The third-order valence-corrected chi connectivity index (χ3v) is 9.21. The molecule has 0 saturated carbocycles. The van der Waals surface area contributed by atoms with Crippen molar-refractivity contribution in [1.29, 1.82) is 0 Å². The van der Waals surface area contributed by atoms with Gasteiger partial charge in [-0.15, -0.1) is 0 Å². The van der Waals surface area contributed by atoms with E-state index >= 15 is 0 Å². The number of nitrogens with zero attached hydrogens (tertiary/aromatic N) is 1. The molecule has 0 amide bonds. The fourth-order valence-electron chi connectivity index (χ4n) is 6.71. The van der Waals surface area contributed by atoms with Crippen molar-refractivity contribution >= 4 is 55.0 Å². The smallest absolute Gasteiger partial charge is 0.0468 e. The number of hydrogen-bond donors (Lipinski definition) is 0. The molecule has 0 bridgehead atoms. The van der Waals surface area contributed by atoms with Gasteiger partial charge in [-0.2, -0.15) is 0 Å². The lowest BCUT2D eigenvalue weighted by atomic mass is 9.96. The third-order valence-electron chi connectivity index (χ3n) is 9.21. The Kier molecular flexibility index (Phi) is 7.86. The highest BCUT2D eigenvalue weighted by molar-refractivity contribution is 6.17. The fraction of sp³-hybridized carbons (Fsp3) is 0.0213. The Morgan fingerprint density at radius 2 is 1.23 bits per heavy atom. The zero-order valence-electron chi connectivity index (χ0n) is 26.8. The van der Waals surface area contributed by atoms with E-state index in [1.807, 2.05) is 0 Å². The summed E-state index contributed by atoms with van der Waals surface area (Å²) >= 11 is 0. The summed E-state index contributed by atoms with van der Waals surface area (Å²) in [5, 5.41) is 7.55.